The Balaban J connectivity index is 1.59. The normalized spacial score (nSPS) is 15.3. The van der Waals surface area contributed by atoms with Crippen molar-refractivity contribution in [2.45, 2.75) is 12.5 Å². The molecule has 5 nitrogen and oxygen atoms in total. The lowest BCUT2D eigenvalue weighted by Crippen LogP contribution is -2.34. The van der Waals surface area contributed by atoms with Gasteiger partial charge in [-0.15, -0.1) is 0 Å². The Bertz CT molecular complexity index is 773. The molecule has 1 aliphatic heterocycles. The van der Waals surface area contributed by atoms with Crippen LogP contribution in [0.1, 0.15) is 26.3 Å². The fraction of sp³-hybridized carbons (Fsp3) is 0.222. The van der Waals surface area contributed by atoms with Gasteiger partial charge >= 0.3 is 5.97 Å². The maximum Gasteiger partial charge on any atom is 0.337 e. The highest BCUT2D eigenvalue weighted by Gasteiger charge is 2.24. The number of carbonyl (C=O) groups excluding carboxylic acids is 2. The van der Waals surface area contributed by atoms with Crippen LogP contribution in [-0.2, 0) is 11.2 Å². The van der Waals surface area contributed by atoms with E-state index in [2.05, 4.69) is 5.32 Å². The zero-order valence-electron chi connectivity index (χ0n) is 13.0. The van der Waals surface area contributed by atoms with Crippen LogP contribution in [0, 0.1) is 5.82 Å². The van der Waals surface area contributed by atoms with E-state index in [4.69, 9.17) is 9.47 Å². The number of methoxy groups -OCH3 is 1. The SMILES string of the molecule is COC(=O)c1ccc2c(c1)CC(CNC(=O)c1ccc(F)cc1)O2. The number of benzene rings is 2. The Morgan fingerprint density at radius 1 is 1.21 bits per heavy atom. The molecule has 1 amide bonds. The van der Waals surface area contributed by atoms with Crippen molar-refractivity contribution in [3.63, 3.8) is 0 Å². The summed E-state index contributed by atoms with van der Waals surface area (Å²) in [5.41, 5.74) is 1.76. The molecule has 0 bridgehead atoms. The van der Waals surface area contributed by atoms with Gasteiger partial charge in [-0.3, -0.25) is 4.79 Å². The highest BCUT2D eigenvalue weighted by molar-refractivity contribution is 5.94. The van der Waals surface area contributed by atoms with Crippen molar-refractivity contribution in [3.05, 3.63) is 65.0 Å². The molecule has 1 heterocycles. The van der Waals surface area contributed by atoms with Crippen LogP contribution in [-0.4, -0.2) is 31.6 Å². The number of hydrogen-bond acceptors (Lipinski definition) is 4. The lowest BCUT2D eigenvalue weighted by molar-refractivity contribution is 0.0600. The van der Waals surface area contributed by atoms with E-state index in [0.29, 0.717) is 29.8 Å². The Morgan fingerprint density at radius 3 is 2.62 bits per heavy atom. The van der Waals surface area contributed by atoms with Gasteiger partial charge in [-0.1, -0.05) is 0 Å². The van der Waals surface area contributed by atoms with Gasteiger partial charge in [0.05, 0.1) is 19.2 Å². The summed E-state index contributed by atoms with van der Waals surface area (Å²) in [7, 11) is 1.33. The maximum absolute atomic E-state index is 12.9. The summed E-state index contributed by atoms with van der Waals surface area (Å²) < 4.78 is 23.3. The summed E-state index contributed by atoms with van der Waals surface area (Å²) in [4.78, 5) is 23.6. The van der Waals surface area contributed by atoms with Crippen molar-refractivity contribution in [2.24, 2.45) is 0 Å². The number of halogens is 1. The number of nitrogens with one attached hydrogen (secondary N) is 1. The molecule has 1 atom stereocenters. The molecule has 1 unspecified atom stereocenters. The van der Waals surface area contributed by atoms with Crippen molar-refractivity contribution in [1.29, 1.82) is 0 Å². The third kappa shape index (κ3) is 3.37. The van der Waals surface area contributed by atoms with E-state index in [-0.39, 0.29) is 17.8 Å². The van der Waals surface area contributed by atoms with Gasteiger partial charge in [-0.25, -0.2) is 9.18 Å². The summed E-state index contributed by atoms with van der Waals surface area (Å²) in [5.74, 6) is -0.373. The topological polar surface area (TPSA) is 64.6 Å². The molecule has 0 fully saturated rings. The zero-order chi connectivity index (χ0) is 17.1. The molecular formula is C18H16FNO4. The number of esters is 1. The van der Waals surface area contributed by atoms with Crippen molar-refractivity contribution in [1.82, 2.24) is 5.32 Å². The van der Waals surface area contributed by atoms with Crippen LogP contribution in [0.25, 0.3) is 0 Å². The van der Waals surface area contributed by atoms with Gasteiger partial charge in [0, 0.05) is 12.0 Å². The summed E-state index contributed by atoms with van der Waals surface area (Å²) in [5, 5.41) is 2.77. The van der Waals surface area contributed by atoms with Crippen LogP contribution in [0.5, 0.6) is 5.75 Å². The van der Waals surface area contributed by atoms with Gasteiger partial charge in [-0.05, 0) is 48.0 Å². The van der Waals surface area contributed by atoms with E-state index in [0.717, 1.165) is 5.56 Å². The monoisotopic (exact) mass is 329 g/mol. The van der Waals surface area contributed by atoms with Gasteiger partial charge in [0.15, 0.2) is 0 Å². The van der Waals surface area contributed by atoms with Gasteiger partial charge in [0.1, 0.15) is 17.7 Å². The van der Waals surface area contributed by atoms with Crippen molar-refractivity contribution < 1.29 is 23.5 Å². The highest BCUT2D eigenvalue weighted by atomic mass is 19.1. The van der Waals surface area contributed by atoms with Gasteiger partial charge in [0.25, 0.3) is 5.91 Å². The molecule has 1 N–H and O–H groups in total. The van der Waals surface area contributed by atoms with E-state index in [1.54, 1.807) is 18.2 Å². The van der Waals surface area contributed by atoms with E-state index < -0.39 is 5.97 Å². The predicted molar refractivity (Wildman–Crippen MR) is 84.6 cm³/mol. The molecule has 124 valence electrons. The first-order valence-electron chi connectivity index (χ1n) is 7.48. The maximum atomic E-state index is 12.9. The minimum Gasteiger partial charge on any atom is -0.488 e. The second-order valence-electron chi connectivity index (χ2n) is 5.47. The lowest BCUT2D eigenvalue weighted by Gasteiger charge is -2.12. The number of ether oxygens (including phenoxy) is 2. The number of hydrogen-bond donors (Lipinski definition) is 1. The molecule has 0 aliphatic carbocycles. The zero-order valence-corrected chi connectivity index (χ0v) is 13.0. The summed E-state index contributed by atoms with van der Waals surface area (Å²) in [6.45, 7) is 0.318. The molecule has 2 aromatic carbocycles. The van der Waals surface area contributed by atoms with Crippen molar-refractivity contribution >= 4 is 11.9 Å². The molecule has 1 aliphatic rings. The number of amides is 1. The minimum absolute atomic E-state index is 0.211. The Morgan fingerprint density at radius 2 is 1.92 bits per heavy atom. The van der Waals surface area contributed by atoms with Gasteiger partial charge in [-0.2, -0.15) is 0 Å². The van der Waals surface area contributed by atoms with E-state index >= 15 is 0 Å². The Kier molecular flexibility index (Phi) is 4.46. The van der Waals surface area contributed by atoms with Crippen LogP contribution in [0.15, 0.2) is 42.5 Å². The predicted octanol–water partition coefficient (Wildman–Crippen LogP) is 2.35. The first kappa shape index (κ1) is 16.0. The molecule has 24 heavy (non-hydrogen) atoms. The second kappa shape index (κ2) is 6.70. The average Bonchev–Trinajstić information content (AvgIpc) is 3.01. The Labute approximate surface area is 138 Å². The van der Waals surface area contributed by atoms with Crippen LogP contribution >= 0.6 is 0 Å². The quantitative estimate of drug-likeness (QED) is 0.875. The number of rotatable bonds is 4. The van der Waals surface area contributed by atoms with E-state index in [9.17, 15) is 14.0 Å². The number of fused-ring (bicyclic) bond motifs is 1. The van der Waals surface area contributed by atoms with E-state index in [1.807, 2.05) is 0 Å². The Hall–Kier alpha value is -2.89. The van der Waals surface area contributed by atoms with Crippen LogP contribution in [0.3, 0.4) is 0 Å². The lowest BCUT2D eigenvalue weighted by atomic mass is 10.1. The molecule has 0 saturated heterocycles. The molecule has 3 rings (SSSR count). The molecule has 0 spiro atoms. The third-order valence-electron chi connectivity index (χ3n) is 3.82. The number of carbonyl (C=O) groups is 2. The van der Waals surface area contributed by atoms with Crippen LogP contribution in [0.4, 0.5) is 4.39 Å². The molecular weight excluding hydrogens is 313 g/mol. The highest BCUT2D eigenvalue weighted by Crippen LogP contribution is 2.29. The van der Waals surface area contributed by atoms with Crippen LogP contribution in [0.2, 0.25) is 0 Å². The van der Waals surface area contributed by atoms with Crippen molar-refractivity contribution in [3.8, 4) is 5.75 Å². The first-order chi connectivity index (χ1) is 11.6. The molecule has 6 heteroatoms. The molecule has 0 saturated carbocycles. The molecule has 0 radical (unpaired) electrons. The van der Waals surface area contributed by atoms with Crippen LogP contribution < -0.4 is 10.1 Å². The fourth-order valence-corrected chi connectivity index (χ4v) is 2.59. The smallest absolute Gasteiger partial charge is 0.337 e. The third-order valence-corrected chi connectivity index (χ3v) is 3.82. The van der Waals surface area contributed by atoms with E-state index in [1.165, 1.54) is 31.4 Å². The summed E-state index contributed by atoms with van der Waals surface area (Å²) in [6.07, 6.45) is 0.376. The summed E-state index contributed by atoms with van der Waals surface area (Å²) in [6, 6.07) is 10.4. The average molecular weight is 329 g/mol. The van der Waals surface area contributed by atoms with Crippen molar-refractivity contribution in [2.75, 3.05) is 13.7 Å². The van der Waals surface area contributed by atoms with Gasteiger partial charge < -0.3 is 14.8 Å². The molecule has 0 aromatic heterocycles. The largest absolute Gasteiger partial charge is 0.488 e. The second-order valence-corrected chi connectivity index (χ2v) is 5.47. The standard InChI is InChI=1S/C18H16FNO4/c1-23-18(22)12-4-7-16-13(8-12)9-15(24-16)10-20-17(21)11-2-5-14(19)6-3-11/h2-8,15H,9-10H2,1H3,(H,20,21). The minimum atomic E-state index is -0.397. The fourth-order valence-electron chi connectivity index (χ4n) is 2.59. The summed E-state index contributed by atoms with van der Waals surface area (Å²) >= 11 is 0. The molecule has 2 aromatic rings. The van der Waals surface area contributed by atoms with Gasteiger partial charge in [0.2, 0.25) is 0 Å². The first-order valence-corrected chi connectivity index (χ1v) is 7.48.